The van der Waals surface area contributed by atoms with Crippen molar-refractivity contribution >= 4 is 5.97 Å². The van der Waals surface area contributed by atoms with E-state index in [1.165, 1.54) is 0 Å². The molecule has 0 spiro atoms. The highest BCUT2D eigenvalue weighted by Gasteiger charge is 2.18. The van der Waals surface area contributed by atoms with Crippen molar-refractivity contribution in [2.75, 3.05) is 0 Å². The Morgan fingerprint density at radius 1 is 1.35 bits per heavy atom. The van der Waals surface area contributed by atoms with Gasteiger partial charge in [-0.3, -0.25) is 10.1 Å². The Morgan fingerprint density at radius 3 is 2.57 bits per heavy atom. The molecule has 0 aliphatic heterocycles. The molecule has 2 N–H and O–H groups in total. The number of nitrogens with one attached hydrogen (secondary N) is 1. The van der Waals surface area contributed by atoms with Gasteiger partial charge in [-0.05, 0) is 18.6 Å². The first-order valence-corrected chi connectivity index (χ1v) is 6.86. The number of carbonyl (C=O) groups is 1. The van der Waals surface area contributed by atoms with Crippen LogP contribution in [0.2, 0.25) is 0 Å². The van der Waals surface area contributed by atoms with E-state index in [0.717, 1.165) is 12.1 Å². The Hall–Kier alpha value is -2.42. The van der Waals surface area contributed by atoms with Gasteiger partial charge in [-0.15, -0.1) is 0 Å². The van der Waals surface area contributed by atoms with E-state index in [1.807, 2.05) is 6.92 Å². The van der Waals surface area contributed by atoms with E-state index in [0.29, 0.717) is 12.8 Å². The lowest BCUT2D eigenvalue weighted by molar-refractivity contribution is -0.139. The van der Waals surface area contributed by atoms with Crippen LogP contribution in [0, 0.1) is 17.5 Å². The van der Waals surface area contributed by atoms with E-state index in [1.54, 1.807) is 0 Å². The van der Waals surface area contributed by atoms with Gasteiger partial charge in [0.25, 0.3) is 0 Å². The van der Waals surface area contributed by atoms with Crippen molar-refractivity contribution in [3.8, 4) is 11.4 Å². The van der Waals surface area contributed by atoms with Crippen LogP contribution in [-0.4, -0.2) is 27.3 Å². The molecule has 23 heavy (non-hydrogen) atoms. The zero-order valence-corrected chi connectivity index (χ0v) is 12.1. The molecule has 124 valence electrons. The molecule has 1 heterocycles. The van der Waals surface area contributed by atoms with Crippen molar-refractivity contribution in [3.63, 3.8) is 0 Å². The van der Waals surface area contributed by atoms with E-state index in [4.69, 9.17) is 9.63 Å². The van der Waals surface area contributed by atoms with Crippen LogP contribution in [0.5, 0.6) is 0 Å². The SMILES string of the molecule is CCCC(NCc1nc(-c2cc(F)c(F)c(F)c2)no1)C(=O)O. The van der Waals surface area contributed by atoms with Gasteiger partial charge < -0.3 is 9.63 Å². The van der Waals surface area contributed by atoms with Crippen LogP contribution in [-0.2, 0) is 11.3 Å². The second-order valence-electron chi connectivity index (χ2n) is 4.83. The first-order chi connectivity index (χ1) is 10.9. The summed E-state index contributed by atoms with van der Waals surface area (Å²) in [5.74, 6) is -5.39. The minimum atomic E-state index is -1.58. The van der Waals surface area contributed by atoms with Crippen LogP contribution >= 0.6 is 0 Å². The third-order valence-corrected chi connectivity index (χ3v) is 3.09. The number of hydrogen-bond acceptors (Lipinski definition) is 5. The molecular formula is C14H14F3N3O3. The van der Waals surface area contributed by atoms with Crippen molar-refractivity contribution in [2.24, 2.45) is 0 Å². The second-order valence-corrected chi connectivity index (χ2v) is 4.83. The van der Waals surface area contributed by atoms with Crippen molar-refractivity contribution in [1.82, 2.24) is 15.5 Å². The molecule has 1 aromatic heterocycles. The average Bonchev–Trinajstić information content (AvgIpc) is 2.97. The highest BCUT2D eigenvalue weighted by atomic mass is 19.2. The van der Waals surface area contributed by atoms with Crippen molar-refractivity contribution < 1.29 is 27.6 Å². The fraction of sp³-hybridized carbons (Fsp3) is 0.357. The molecule has 9 heteroatoms. The summed E-state index contributed by atoms with van der Waals surface area (Å²) in [5.41, 5.74) is -0.0836. The molecular weight excluding hydrogens is 315 g/mol. The van der Waals surface area contributed by atoms with Gasteiger partial charge in [0.15, 0.2) is 17.5 Å². The summed E-state index contributed by atoms with van der Waals surface area (Å²) in [4.78, 5) is 14.9. The predicted octanol–water partition coefficient (Wildman–Crippen LogP) is 2.50. The predicted molar refractivity (Wildman–Crippen MR) is 72.8 cm³/mol. The third kappa shape index (κ3) is 4.07. The Labute approximate surface area is 129 Å². The van der Waals surface area contributed by atoms with Gasteiger partial charge in [0.1, 0.15) is 6.04 Å². The molecule has 0 saturated heterocycles. The molecule has 0 aliphatic rings. The molecule has 1 aromatic carbocycles. The lowest BCUT2D eigenvalue weighted by atomic mass is 10.2. The fourth-order valence-corrected chi connectivity index (χ4v) is 1.94. The summed E-state index contributed by atoms with van der Waals surface area (Å²) in [6.07, 6.45) is 1.10. The zero-order chi connectivity index (χ0) is 17.0. The topological polar surface area (TPSA) is 88.3 Å². The molecule has 0 saturated carbocycles. The van der Waals surface area contributed by atoms with Gasteiger partial charge in [-0.25, -0.2) is 13.2 Å². The number of hydrogen-bond donors (Lipinski definition) is 2. The Kier molecular flexibility index (Phi) is 5.32. The number of benzene rings is 1. The minimum absolute atomic E-state index is 0.0177. The first kappa shape index (κ1) is 16.9. The Balaban J connectivity index is 2.10. The largest absolute Gasteiger partial charge is 0.480 e. The number of aliphatic carboxylic acids is 1. The molecule has 6 nitrogen and oxygen atoms in total. The summed E-state index contributed by atoms with van der Waals surface area (Å²) in [6, 6.07) is 0.728. The number of rotatable bonds is 7. The van der Waals surface area contributed by atoms with E-state index in [9.17, 15) is 18.0 Å². The maximum Gasteiger partial charge on any atom is 0.320 e. The first-order valence-electron chi connectivity index (χ1n) is 6.86. The number of halogens is 3. The Morgan fingerprint density at radius 2 is 2.00 bits per heavy atom. The summed E-state index contributed by atoms with van der Waals surface area (Å²) < 4.78 is 44.2. The van der Waals surface area contributed by atoms with E-state index < -0.39 is 29.5 Å². The van der Waals surface area contributed by atoms with Gasteiger partial charge in [0, 0.05) is 5.56 Å². The van der Waals surface area contributed by atoms with Crippen molar-refractivity contribution in [1.29, 1.82) is 0 Å². The van der Waals surface area contributed by atoms with Crippen LogP contribution in [0.25, 0.3) is 11.4 Å². The molecule has 1 atom stereocenters. The molecule has 0 fully saturated rings. The molecule has 1 unspecified atom stereocenters. The lowest BCUT2D eigenvalue weighted by Crippen LogP contribution is -2.36. The maximum absolute atomic E-state index is 13.2. The van der Waals surface area contributed by atoms with Gasteiger partial charge in [-0.2, -0.15) is 4.98 Å². The molecule has 2 aromatic rings. The lowest BCUT2D eigenvalue weighted by Gasteiger charge is -2.11. The van der Waals surface area contributed by atoms with Gasteiger partial charge in [-0.1, -0.05) is 18.5 Å². The highest BCUT2D eigenvalue weighted by molar-refractivity contribution is 5.73. The highest BCUT2D eigenvalue weighted by Crippen LogP contribution is 2.21. The van der Waals surface area contributed by atoms with Crippen molar-refractivity contribution in [2.45, 2.75) is 32.4 Å². The van der Waals surface area contributed by atoms with Crippen LogP contribution in [0.3, 0.4) is 0 Å². The van der Waals surface area contributed by atoms with Gasteiger partial charge in [0.2, 0.25) is 11.7 Å². The molecule has 0 amide bonds. The summed E-state index contributed by atoms with van der Waals surface area (Å²) >= 11 is 0. The monoisotopic (exact) mass is 329 g/mol. The maximum atomic E-state index is 13.2. The number of carboxylic acid groups (broad SMARTS) is 1. The van der Waals surface area contributed by atoms with Gasteiger partial charge >= 0.3 is 5.97 Å². The third-order valence-electron chi connectivity index (χ3n) is 3.09. The molecule has 0 bridgehead atoms. The zero-order valence-electron chi connectivity index (χ0n) is 12.1. The molecule has 0 aliphatic carbocycles. The van der Waals surface area contributed by atoms with E-state index in [2.05, 4.69) is 15.5 Å². The minimum Gasteiger partial charge on any atom is -0.480 e. The smallest absolute Gasteiger partial charge is 0.320 e. The second kappa shape index (κ2) is 7.23. The summed E-state index contributed by atoms with van der Waals surface area (Å²) in [6.45, 7) is 1.83. The summed E-state index contributed by atoms with van der Waals surface area (Å²) in [7, 11) is 0. The standard InChI is InChI=1S/C14H14F3N3O3/c1-2-3-10(14(21)22)18-6-11-19-13(20-23-11)7-4-8(15)12(17)9(16)5-7/h4-5,10,18H,2-3,6H2,1H3,(H,21,22). The summed E-state index contributed by atoms with van der Waals surface area (Å²) in [5, 5.41) is 15.3. The van der Waals surface area contributed by atoms with Gasteiger partial charge in [0.05, 0.1) is 6.54 Å². The van der Waals surface area contributed by atoms with Crippen LogP contribution in [0.4, 0.5) is 13.2 Å². The normalized spacial score (nSPS) is 12.3. The number of nitrogens with zero attached hydrogens (tertiary/aromatic N) is 2. The number of carboxylic acids is 1. The quantitative estimate of drug-likeness (QED) is 0.759. The Bertz CT molecular complexity index is 683. The molecule has 2 rings (SSSR count). The van der Waals surface area contributed by atoms with Crippen LogP contribution < -0.4 is 5.32 Å². The molecule has 0 radical (unpaired) electrons. The fourth-order valence-electron chi connectivity index (χ4n) is 1.94. The van der Waals surface area contributed by atoms with E-state index in [-0.39, 0.29) is 23.8 Å². The van der Waals surface area contributed by atoms with Crippen molar-refractivity contribution in [3.05, 3.63) is 35.5 Å². The number of aromatic nitrogens is 2. The average molecular weight is 329 g/mol. The van der Waals surface area contributed by atoms with Crippen LogP contribution in [0.1, 0.15) is 25.7 Å². The van der Waals surface area contributed by atoms with Crippen LogP contribution in [0.15, 0.2) is 16.7 Å². The van der Waals surface area contributed by atoms with E-state index >= 15 is 0 Å².